The number of H-pyrrole nitrogens is 1. The van der Waals surface area contributed by atoms with E-state index in [0.717, 1.165) is 34.0 Å². The number of ether oxygens (including phenoxy) is 2. The number of benzene rings is 5. The minimum absolute atomic E-state index is 0. The number of para-hydroxylation sites is 1. The van der Waals surface area contributed by atoms with E-state index < -0.39 is 0 Å². The number of rotatable bonds is 6. The maximum absolute atomic E-state index is 5.27. The number of hydrogen-bond acceptors (Lipinski definition) is 7. The molecule has 78 heavy (non-hydrogen) atoms. The van der Waals surface area contributed by atoms with E-state index in [0.29, 0.717) is 42.3 Å². The van der Waals surface area contributed by atoms with E-state index in [2.05, 4.69) is 189 Å². The molecule has 7 nitrogen and oxygen atoms in total. The summed E-state index contributed by atoms with van der Waals surface area (Å²) in [4.78, 5) is 13.7. The first-order valence-electron chi connectivity index (χ1n) is 27.3. The number of aromatic amines is 1. The number of nitrogens with one attached hydrogen (secondary N) is 1. The highest BCUT2D eigenvalue weighted by atomic mass is 32.1. The van der Waals surface area contributed by atoms with Crippen molar-refractivity contribution in [2.45, 2.75) is 209 Å². The average Bonchev–Trinajstić information content (AvgIpc) is 4.25. The van der Waals surface area contributed by atoms with Crippen LogP contribution in [0.2, 0.25) is 0 Å². The molecule has 8 heteroatoms. The van der Waals surface area contributed by atoms with Crippen LogP contribution in [0.5, 0.6) is 11.5 Å². The zero-order valence-corrected chi connectivity index (χ0v) is 47.2. The van der Waals surface area contributed by atoms with Crippen LogP contribution in [0.1, 0.15) is 226 Å². The van der Waals surface area contributed by atoms with Crippen molar-refractivity contribution < 1.29 is 9.47 Å². The summed E-state index contributed by atoms with van der Waals surface area (Å²) in [7, 11) is 0. The largest absolute Gasteiger partial charge is 0.454 e. The molecule has 5 aromatic carbocycles. The molecule has 1 N–H and O–H groups in total. The number of aryl methyl sites for hydroxylation is 3. The van der Waals surface area contributed by atoms with E-state index in [1.807, 2.05) is 24.4 Å². The van der Waals surface area contributed by atoms with Crippen molar-refractivity contribution in [3.63, 3.8) is 0 Å². The highest BCUT2D eigenvalue weighted by Crippen LogP contribution is 2.36. The van der Waals surface area contributed by atoms with Gasteiger partial charge in [-0.3, -0.25) is 15.1 Å². The Morgan fingerprint density at radius 3 is 1.74 bits per heavy atom. The summed E-state index contributed by atoms with van der Waals surface area (Å²) >= 11 is 1.76. The molecule has 5 heterocycles. The number of nitrogens with zero attached hydrogens (tertiary/aromatic N) is 4. The van der Waals surface area contributed by atoms with Crippen LogP contribution in [0.15, 0.2) is 125 Å². The van der Waals surface area contributed by atoms with Gasteiger partial charge in [0.1, 0.15) is 0 Å². The lowest BCUT2D eigenvalue weighted by Gasteiger charge is -2.11. The number of allylic oxidation sites excluding steroid dienone is 2. The minimum atomic E-state index is 0. The lowest BCUT2D eigenvalue weighted by Crippen LogP contribution is -2.06. The molecule has 0 atom stereocenters. The van der Waals surface area contributed by atoms with Gasteiger partial charge in [0.05, 0.1) is 32.6 Å². The second kappa shape index (κ2) is 32.3. The van der Waals surface area contributed by atoms with Gasteiger partial charge in [0.2, 0.25) is 6.79 Å². The SMILES string of the molecule is C.C.C.C.C.CC(C)C1=NC2=C(CCCC2)C1.CC(C)C1=Nc2ccccc2C1.CC(C)c1ccc2c(c1)CCC2.CC(C)c1ccc2c(c1)OCO2.CC(C)c1ccc2cn[nH]c2c1.Cc1nc2cc(C(C)C)ccc2s1. The molecule has 5 aliphatic rings. The summed E-state index contributed by atoms with van der Waals surface area (Å²) < 4.78 is 11.8. The van der Waals surface area contributed by atoms with E-state index >= 15 is 0 Å². The summed E-state index contributed by atoms with van der Waals surface area (Å²) in [6, 6.07) is 34.5. The van der Waals surface area contributed by atoms with Crippen molar-refractivity contribution in [1.29, 1.82) is 0 Å². The molecule has 0 unspecified atom stereocenters. The van der Waals surface area contributed by atoms with Crippen LogP contribution in [0.25, 0.3) is 21.1 Å². The minimum Gasteiger partial charge on any atom is -0.454 e. The summed E-state index contributed by atoms with van der Waals surface area (Å²) in [5, 5.41) is 9.27. The van der Waals surface area contributed by atoms with Crippen LogP contribution >= 0.6 is 11.3 Å². The molecular formula is C70H103N5O2S. The maximum atomic E-state index is 5.27. The molecule has 2 aromatic heterocycles. The molecule has 2 aliphatic carbocycles. The molecule has 0 radical (unpaired) electrons. The van der Waals surface area contributed by atoms with Crippen molar-refractivity contribution in [3.8, 4) is 11.5 Å². The standard InChI is InChI=1S/C12H16.C11H13NS.C11H17N.C11H13N.C10H12N2.C10H12O2.5CH4/c1-9(2)11-7-6-10-4-3-5-12(10)8-11;1-7(2)9-4-5-11-10(6-9)12-8(3)13-11;2*1-8(2)11-7-9-5-3-4-6-10(9)12-11;1-7(2)8-3-4-9-6-11-12-10(9)5-8;1-7(2)8-3-4-9-10(5-8)12-6-11-9;;;;;/h6-9H,3-5H2,1-2H3;4-7H,1-3H3;8H,3-7H2,1-2H3;3-6,8H,7H2,1-2H3;3-7H,1-2H3,(H,11,12);3-5,7H,6H2,1-2H3;5*1H4. The second-order valence-corrected chi connectivity index (χ2v) is 23.3. The van der Waals surface area contributed by atoms with E-state index in [-0.39, 0.29) is 37.1 Å². The molecule has 426 valence electrons. The smallest absolute Gasteiger partial charge is 0.231 e. The van der Waals surface area contributed by atoms with E-state index in [1.54, 1.807) is 28.0 Å². The van der Waals surface area contributed by atoms with Gasteiger partial charge in [-0.15, -0.1) is 11.3 Å². The molecule has 3 aliphatic heterocycles. The van der Waals surface area contributed by atoms with Gasteiger partial charge in [-0.25, -0.2) is 4.98 Å². The van der Waals surface area contributed by atoms with Gasteiger partial charge >= 0.3 is 0 Å². The zero-order chi connectivity index (χ0) is 52.2. The molecule has 0 spiro atoms. The highest BCUT2D eigenvalue weighted by Gasteiger charge is 2.22. The van der Waals surface area contributed by atoms with Crippen LogP contribution in [-0.2, 0) is 19.3 Å². The fraction of sp³-hybridized carbons (Fsp3) is 0.486. The summed E-state index contributed by atoms with van der Waals surface area (Å²) in [5.41, 5.74) is 19.3. The first kappa shape index (κ1) is 68.2. The topological polar surface area (TPSA) is 84.8 Å². The van der Waals surface area contributed by atoms with Crippen molar-refractivity contribution in [3.05, 3.63) is 158 Å². The van der Waals surface area contributed by atoms with Gasteiger partial charge in [0.15, 0.2) is 11.5 Å². The lowest BCUT2D eigenvalue weighted by atomic mass is 9.93. The van der Waals surface area contributed by atoms with Crippen LogP contribution in [-0.4, -0.2) is 33.4 Å². The van der Waals surface area contributed by atoms with Gasteiger partial charge in [-0.1, -0.05) is 181 Å². The lowest BCUT2D eigenvalue weighted by molar-refractivity contribution is 0.174. The molecular weight excluding hydrogens is 975 g/mol. The third-order valence-corrected chi connectivity index (χ3v) is 15.3. The van der Waals surface area contributed by atoms with Gasteiger partial charge in [-0.2, -0.15) is 5.10 Å². The Morgan fingerprint density at radius 1 is 0.500 bits per heavy atom. The van der Waals surface area contributed by atoms with Crippen molar-refractivity contribution in [2.24, 2.45) is 21.8 Å². The Balaban J connectivity index is 0.000000316. The Hall–Kier alpha value is -5.86. The zero-order valence-electron chi connectivity index (χ0n) is 46.4. The molecule has 0 bridgehead atoms. The van der Waals surface area contributed by atoms with Gasteiger partial charge in [-0.05, 0) is 168 Å². The van der Waals surface area contributed by atoms with Crippen molar-refractivity contribution in [2.75, 3.05) is 6.79 Å². The first-order valence-corrected chi connectivity index (χ1v) is 28.1. The van der Waals surface area contributed by atoms with Crippen LogP contribution in [0.4, 0.5) is 5.69 Å². The third-order valence-electron chi connectivity index (χ3n) is 14.4. The average molecular weight is 1080 g/mol. The predicted octanol–water partition coefficient (Wildman–Crippen LogP) is 21.7. The van der Waals surface area contributed by atoms with E-state index in [4.69, 9.17) is 14.5 Å². The number of hydrogen-bond donors (Lipinski definition) is 1. The van der Waals surface area contributed by atoms with Crippen LogP contribution in [0.3, 0.4) is 0 Å². The monoisotopic (exact) mass is 1080 g/mol. The number of aromatic nitrogens is 3. The first-order chi connectivity index (χ1) is 35.0. The van der Waals surface area contributed by atoms with Crippen LogP contribution in [0, 0.1) is 18.8 Å². The normalized spacial score (nSPS) is 13.9. The predicted molar refractivity (Wildman–Crippen MR) is 346 cm³/mol. The third kappa shape index (κ3) is 18.6. The van der Waals surface area contributed by atoms with Gasteiger partial charge in [0.25, 0.3) is 0 Å². The quantitative estimate of drug-likeness (QED) is 0.180. The molecule has 7 aromatic rings. The Morgan fingerprint density at radius 2 is 1.08 bits per heavy atom. The number of aliphatic imine (C=N–C) groups is 2. The molecule has 0 fully saturated rings. The summed E-state index contributed by atoms with van der Waals surface area (Å²) in [5.74, 6) is 5.35. The number of thiazole rings is 1. The Kier molecular flexibility index (Phi) is 28.2. The molecule has 12 rings (SSSR count). The molecule has 0 saturated carbocycles. The Labute approximate surface area is 479 Å². The highest BCUT2D eigenvalue weighted by molar-refractivity contribution is 7.18. The van der Waals surface area contributed by atoms with Crippen LogP contribution < -0.4 is 9.47 Å². The van der Waals surface area contributed by atoms with Crippen molar-refractivity contribution >= 4 is 49.6 Å². The fourth-order valence-corrected chi connectivity index (χ4v) is 10.3. The Bertz CT molecular complexity index is 2960. The fourth-order valence-electron chi connectivity index (χ4n) is 9.49. The van der Waals surface area contributed by atoms with Crippen molar-refractivity contribution in [1.82, 2.24) is 15.2 Å². The maximum Gasteiger partial charge on any atom is 0.231 e. The summed E-state index contributed by atoms with van der Waals surface area (Å²) in [6.07, 6.45) is 13.3. The van der Waals surface area contributed by atoms with E-state index in [1.165, 1.54) is 112 Å². The number of fused-ring (bicyclic) bond motifs is 5. The van der Waals surface area contributed by atoms with Gasteiger partial charge < -0.3 is 9.47 Å². The van der Waals surface area contributed by atoms with Gasteiger partial charge in [0, 0.05) is 35.3 Å². The molecule has 0 saturated heterocycles. The van der Waals surface area contributed by atoms with E-state index in [9.17, 15) is 0 Å². The second-order valence-electron chi connectivity index (χ2n) is 22.0. The summed E-state index contributed by atoms with van der Waals surface area (Å²) in [6.45, 7) is 29.0. The molecule has 0 amide bonds.